The third-order valence-electron chi connectivity index (χ3n) is 4.36. The number of aliphatic carboxylic acids is 1. The molecular weight excluding hydrogens is 296 g/mol. The van der Waals surface area contributed by atoms with E-state index in [0.29, 0.717) is 35.3 Å². The van der Waals surface area contributed by atoms with Gasteiger partial charge < -0.3 is 10.0 Å². The van der Waals surface area contributed by atoms with Gasteiger partial charge in [-0.05, 0) is 32.3 Å². The van der Waals surface area contributed by atoms with E-state index in [1.54, 1.807) is 11.0 Å². The summed E-state index contributed by atoms with van der Waals surface area (Å²) in [5.74, 6) is -1.34. The maximum Gasteiger partial charge on any atom is 0.308 e. The topological polar surface area (TPSA) is 99.2 Å². The monoisotopic (exact) mass is 316 g/mol. The van der Waals surface area contributed by atoms with Crippen molar-refractivity contribution in [3.05, 3.63) is 23.0 Å². The van der Waals surface area contributed by atoms with Crippen LogP contribution in [0.25, 0.3) is 11.0 Å². The van der Waals surface area contributed by atoms with Crippen molar-refractivity contribution in [3.63, 3.8) is 0 Å². The third-order valence-corrected chi connectivity index (χ3v) is 4.36. The fourth-order valence-corrected chi connectivity index (χ4v) is 3.34. The molecule has 0 bridgehead atoms. The van der Waals surface area contributed by atoms with Crippen LogP contribution in [0, 0.1) is 25.7 Å². The van der Waals surface area contributed by atoms with Crippen molar-refractivity contribution in [2.75, 3.05) is 13.1 Å². The van der Waals surface area contributed by atoms with Crippen LogP contribution in [0.5, 0.6) is 0 Å². The van der Waals surface area contributed by atoms with Gasteiger partial charge in [-0.1, -0.05) is 6.92 Å². The van der Waals surface area contributed by atoms with Crippen molar-refractivity contribution in [3.8, 4) is 0 Å². The number of nitrogens with one attached hydrogen (secondary N) is 1. The van der Waals surface area contributed by atoms with E-state index >= 15 is 0 Å². The van der Waals surface area contributed by atoms with E-state index in [-0.39, 0.29) is 18.4 Å². The van der Waals surface area contributed by atoms with Crippen LogP contribution in [0.3, 0.4) is 0 Å². The lowest BCUT2D eigenvalue weighted by Gasteiger charge is -2.34. The standard InChI is InChI=1S/C16H20N4O3/c1-8-4-11(16(22)23)7-20(6-8)15(21)12-5-9(2)17-14-13(12)10(3)18-19-14/h5,8,11H,4,6-7H2,1-3H3,(H,22,23)(H,17,18,19). The smallest absolute Gasteiger partial charge is 0.308 e. The molecule has 122 valence electrons. The number of aryl methyl sites for hydroxylation is 2. The lowest BCUT2D eigenvalue weighted by atomic mass is 9.90. The summed E-state index contributed by atoms with van der Waals surface area (Å²) in [6.45, 7) is 6.47. The number of likely N-dealkylation sites (tertiary alicyclic amines) is 1. The van der Waals surface area contributed by atoms with E-state index in [0.717, 1.165) is 5.69 Å². The lowest BCUT2D eigenvalue weighted by molar-refractivity contribution is -0.143. The number of amides is 1. The number of carbonyl (C=O) groups excluding carboxylic acids is 1. The Morgan fingerprint density at radius 3 is 2.78 bits per heavy atom. The normalized spacial score (nSPS) is 21.6. The fraction of sp³-hybridized carbons (Fsp3) is 0.500. The van der Waals surface area contributed by atoms with Gasteiger partial charge in [-0.3, -0.25) is 14.7 Å². The van der Waals surface area contributed by atoms with Gasteiger partial charge in [-0.25, -0.2) is 4.98 Å². The van der Waals surface area contributed by atoms with Gasteiger partial charge in [0.15, 0.2) is 5.65 Å². The molecule has 1 fully saturated rings. The molecule has 1 saturated heterocycles. The highest BCUT2D eigenvalue weighted by molar-refractivity contribution is 6.06. The van der Waals surface area contributed by atoms with Crippen LogP contribution in [0.1, 0.15) is 35.1 Å². The summed E-state index contributed by atoms with van der Waals surface area (Å²) in [7, 11) is 0. The first kappa shape index (κ1) is 15.5. The molecule has 0 aromatic carbocycles. The van der Waals surface area contributed by atoms with Gasteiger partial charge in [-0.2, -0.15) is 5.10 Å². The summed E-state index contributed by atoms with van der Waals surface area (Å²) >= 11 is 0. The number of pyridine rings is 1. The highest BCUT2D eigenvalue weighted by Gasteiger charge is 2.33. The second-order valence-corrected chi connectivity index (χ2v) is 6.44. The Balaban J connectivity index is 2.00. The van der Waals surface area contributed by atoms with Crippen LogP contribution in [0.15, 0.2) is 6.07 Å². The zero-order valence-electron chi connectivity index (χ0n) is 13.5. The first-order chi connectivity index (χ1) is 10.9. The molecular formula is C16H20N4O3. The second kappa shape index (κ2) is 5.64. The van der Waals surface area contributed by atoms with Crippen molar-refractivity contribution in [2.45, 2.75) is 27.2 Å². The maximum atomic E-state index is 13.0. The number of aromatic amines is 1. The Labute approximate surface area is 133 Å². The molecule has 2 unspecified atom stereocenters. The molecule has 0 radical (unpaired) electrons. The Morgan fingerprint density at radius 1 is 1.35 bits per heavy atom. The Morgan fingerprint density at radius 2 is 2.09 bits per heavy atom. The zero-order valence-corrected chi connectivity index (χ0v) is 13.5. The summed E-state index contributed by atoms with van der Waals surface area (Å²) in [5, 5.41) is 17.0. The Bertz CT molecular complexity index is 783. The minimum Gasteiger partial charge on any atom is -0.481 e. The molecule has 3 heterocycles. The molecule has 3 rings (SSSR count). The summed E-state index contributed by atoms with van der Waals surface area (Å²) in [6, 6.07) is 1.75. The second-order valence-electron chi connectivity index (χ2n) is 6.44. The number of carboxylic acids is 1. The molecule has 1 aliphatic heterocycles. The maximum absolute atomic E-state index is 13.0. The van der Waals surface area contributed by atoms with Crippen LogP contribution in [-0.4, -0.2) is 50.2 Å². The van der Waals surface area contributed by atoms with Crippen LogP contribution in [0.2, 0.25) is 0 Å². The molecule has 0 saturated carbocycles. The van der Waals surface area contributed by atoms with Crippen LogP contribution in [0.4, 0.5) is 0 Å². The number of carboxylic acid groups (broad SMARTS) is 1. The average Bonchev–Trinajstić information content (AvgIpc) is 2.86. The Kier molecular flexibility index (Phi) is 3.79. The molecule has 7 nitrogen and oxygen atoms in total. The van der Waals surface area contributed by atoms with E-state index in [1.807, 2.05) is 20.8 Å². The largest absolute Gasteiger partial charge is 0.481 e. The first-order valence-electron chi connectivity index (χ1n) is 7.71. The van der Waals surface area contributed by atoms with Crippen molar-refractivity contribution in [1.82, 2.24) is 20.1 Å². The molecule has 0 spiro atoms. The van der Waals surface area contributed by atoms with Crippen molar-refractivity contribution < 1.29 is 14.7 Å². The summed E-state index contributed by atoms with van der Waals surface area (Å²) in [5.41, 5.74) is 2.56. The number of hydrogen-bond acceptors (Lipinski definition) is 4. The van der Waals surface area contributed by atoms with Crippen LogP contribution >= 0.6 is 0 Å². The molecule has 2 N–H and O–H groups in total. The van der Waals surface area contributed by atoms with E-state index in [4.69, 9.17) is 0 Å². The molecule has 2 aromatic heterocycles. The molecule has 1 amide bonds. The molecule has 2 aromatic rings. The number of hydrogen-bond donors (Lipinski definition) is 2. The average molecular weight is 316 g/mol. The molecule has 0 aliphatic carbocycles. The molecule has 23 heavy (non-hydrogen) atoms. The van der Waals surface area contributed by atoms with Crippen molar-refractivity contribution in [2.24, 2.45) is 11.8 Å². The minimum absolute atomic E-state index is 0.150. The number of nitrogens with zero attached hydrogens (tertiary/aromatic N) is 3. The fourth-order valence-electron chi connectivity index (χ4n) is 3.34. The van der Waals surface area contributed by atoms with Crippen molar-refractivity contribution in [1.29, 1.82) is 0 Å². The molecule has 1 aliphatic rings. The number of carbonyl (C=O) groups is 2. The quantitative estimate of drug-likeness (QED) is 0.879. The predicted molar refractivity (Wildman–Crippen MR) is 84.2 cm³/mol. The van der Waals surface area contributed by atoms with Gasteiger partial charge in [0.1, 0.15) is 0 Å². The summed E-state index contributed by atoms with van der Waals surface area (Å²) in [6.07, 6.45) is 0.606. The van der Waals surface area contributed by atoms with Gasteiger partial charge >= 0.3 is 5.97 Å². The van der Waals surface area contributed by atoms with Gasteiger partial charge in [0.25, 0.3) is 5.91 Å². The van der Waals surface area contributed by atoms with Gasteiger partial charge in [-0.15, -0.1) is 0 Å². The number of fused-ring (bicyclic) bond motifs is 1. The number of rotatable bonds is 2. The van der Waals surface area contributed by atoms with E-state index < -0.39 is 11.9 Å². The van der Waals surface area contributed by atoms with Gasteiger partial charge in [0.2, 0.25) is 0 Å². The highest BCUT2D eigenvalue weighted by Crippen LogP contribution is 2.26. The van der Waals surface area contributed by atoms with Gasteiger partial charge in [0, 0.05) is 24.5 Å². The van der Waals surface area contributed by atoms with E-state index in [2.05, 4.69) is 15.2 Å². The molecule has 7 heteroatoms. The predicted octanol–water partition coefficient (Wildman–Crippen LogP) is 1.76. The zero-order chi connectivity index (χ0) is 16.7. The number of H-pyrrole nitrogens is 1. The first-order valence-corrected chi connectivity index (χ1v) is 7.71. The highest BCUT2D eigenvalue weighted by atomic mass is 16.4. The third kappa shape index (κ3) is 2.78. The summed E-state index contributed by atoms with van der Waals surface area (Å²) in [4.78, 5) is 30.3. The lowest BCUT2D eigenvalue weighted by Crippen LogP contribution is -2.45. The van der Waals surface area contributed by atoms with Crippen LogP contribution < -0.4 is 0 Å². The van der Waals surface area contributed by atoms with E-state index in [9.17, 15) is 14.7 Å². The number of piperidine rings is 1. The van der Waals surface area contributed by atoms with Gasteiger partial charge in [0.05, 0.1) is 16.9 Å². The van der Waals surface area contributed by atoms with E-state index in [1.165, 1.54) is 0 Å². The SMILES string of the molecule is Cc1cc(C(=O)N2CC(C)CC(C(=O)O)C2)c2c(C)[nH]nc2n1. The Hall–Kier alpha value is -2.44. The summed E-state index contributed by atoms with van der Waals surface area (Å²) < 4.78 is 0. The molecule has 2 atom stereocenters. The van der Waals surface area contributed by atoms with Crippen LogP contribution in [-0.2, 0) is 4.79 Å². The number of aromatic nitrogens is 3. The minimum atomic E-state index is -0.843. The van der Waals surface area contributed by atoms with Crippen molar-refractivity contribution >= 4 is 22.9 Å².